The number of amides is 4. The zero-order chi connectivity index (χ0) is 60.1. The van der Waals surface area contributed by atoms with Gasteiger partial charge in [0.1, 0.15) is 16.1 Å². The highest BCUT2D eigenvalue weighted by molar-refractivity contribution is 6.91. The summed E-state index contributed by atoms with van der Waals surface area (Å²) in [4.78, 5) is 57.7. The molecule has 6 nitrogen and oxygen atoms in total. The van der Waals surface area contributed by atoms with Crippen molar-refractivity contribution in [3.63, 3.8) is 0 Å². The number of hydrogen-bond acceptors (Lipinski definition) is 4. The van der Waals surface area contributed by atoms with Gasteiger partial charge < -0.3 is 0 Å². The second-order valence-corrected chi connectivity index (χ2v) is 37.4. The van der Waals surface area contributed by atoms with E-state index in [0.29, 0.717) is 68.6 Å². The molecule has 2 aliphatic heterocycles. The number of carbonyl (C=O) groups excluding carboxylic acids is 4. The van der Waals surface area contributed by atoms with Crippen LogP contribution in [-0.4, -0.2) is 62.7 Å². The van der Waals surface area contributed by atoms with Crippen LogP contribution in [0.2, 0.25) is 33.2 Å². The maximum absolute atomic E-state index is 13.9. The molecule has 0 unspecified atom stereocenters. The molecule has 432 valence electrons. The molecule has 8 heteroatoms. The zero-order valence-electron chi connectivity index (χ0n) is 52.5. The molecular weight excluding hydrogens is 1060 g/mol. The average molecular weight is 1150 g/mol. The van der Waals surface area contributed by atoms with Gasteiger partial charge in [-0.15, -0.1) is 11.1 Å². The summed E-state index contributed by atoms with van der Waals surface area (Å²) in [7, 11) is -4.52. The largest absolute Gasteiger partial charge is 0.274 e. The normalized spacial score (nSPS) is 14.2. The Labute approximate surface area is 502 Å². The van der Waals surface area contributed by atoms with Crippen molar-refractivity contribution in [3.8, 4) is 22.9 Å². The molecule has 0 atom stereocenters. The Bertz CT molecular complexity index is 3790. The summed E-state index contributed by atoms with van der Waals surface area (Å²) in [6.45, 7) is 33.7. The fraction of sp³-hybridized carbons (Fsp3) is 0.395. The highest BCUT2D eigenvalue weighted by Gasteiger charge is 2.43. The second-order valence-electron chi connectivity index (χ2n) is 26.2. The molecule has 0 spiro atoms. The number of carbonyl (C=O) groups is 4. The summed E-state index contributed by atoms with van der Waals surface area (Å²) >= 11 is 0. The van der Waals surface area contributed by atoms with Crippen LogP contribution in [0.25, 0.3) is 78.2 Å². The topological polar surface area (TPSA) is 74.8 Å². The van der Waals surface area contributed by atoms with Crippen molar-refractivity contribution in [2.45, 2.75) is 182 Å². The SMILES string of the molecule is CCCCCCN1C(=O)c2ccc(/C=C/c3cc4c(C#C[Si](C(C)C)(C(C)C)C(C)C)c5cccc6c(/C=C/c7ccc8c(c7)C(=O)N(CCCCCC)C8=O)cc7c(C#C[Si](C(C)C)(C(C)C)C(C)C)c8cccc3c8c4c7c65)cc2C1=O. The molecule has 0 bridgehead atoms. The van der Waals surface area contributed by atoms with Gasteiger partial charge in [0.15, 0.2) is 0 Å². The predicted molar refractivity (Wildman–Crippen MR) is 362 cm³/mol. The number of fused-ring (bicyclic) bond motifs is 2. The van der Waals surface area contributed by atoms with Crippen molar-refractivity contribution in [2.75, 3.05) is 13.1 Å². The van der Waals surface area contributed by atoms with E-state index in [4.69, 9.17) is 0 Å². The van der Waals surface area contributed by atoms with E-state index in [9.17, 15) is 19.2 Å². The molecule has 10 rings (SSSR count). The summed E-state index contributed by atoms with van der Waals surface area (Å²) in [5, 5.41) is 11.4. The van der Waals surface area contributed by atoms with Crippen LogP contribution in [0.15, 0.2) is 84.9 Å². The van der Waals surface area contributed by atoms with Gasteiger partial charge in [0, 0.05) is 24.2 Å². The highest BCUT2D eigenvalue weighted by atomic mass is 28.3. The summed E-state index contributed by atoms with van der Waals surface area (Å²) in [5.74, 6) is 7.33. The van der Waals surface area contributed by atoms with Crippen LogP contribution < -0.4 is 0 Å². The Kier molecular flexibility index (Phi) is 17.2. The van der Waals surface area contributed by atoms with E-state index in [1.807, 2.05) is 36.4 Å². The lowest BCUT2D eigenvalue weighted by atomic mass is 9.80. The van der Waals surface area contributed by atoms with E-state index in [2.05, 4.69) is 193 Å². The number of hydrogen-bond donors (Lipinski definition) is 0. The Hall–Kier alpha value is -7.11. The van der Waals surface area contributed by atoms with Crippen molar-refractivity contribution in [1.29, 1.82) is 0 Å². The van der Waals surface area contributed by atoms with E-state index in [1.54, 1.807) is 0 Å². The first kappa shape index (κ1) is 60.0. The molecule has 4 amide bonds. The van der Waals surface area contributed by atoms with Gasteiger partial charge in [-0.3, -0.25) is 29.0 Å². The van der Waals surface area contributed by atoms with Gasteiger partial charge in [0.2, 0.25) is 0 Å². The van der Waals surface area contributed by atoms with Crippen LogP contribution in [-0.2, 0) is 0 Å². The number of nitrogens with zero attached hydrogens (tertiary/aromatic N) is 2. The second kappa shape index (κ2) is 24.1. The number of imide groups is 2. The van der Waals surface area contributed by atoms with E-state index in [1.165, 1.54) is 31.3 Å². The van der Waals surface area contributed by atoms with Crippen LogP contribution in [0.4, 0.5) is 0 Å². The van der Waals surface area contributed by atoms with E-state index < -0.39 is 16.1 Å². The van der Waals surface area contributed by atoms with Gasteiger partial charge in [0.25, 0.3) is 23.6 Å². The van der Waals surface area contributed by atoms with Gasteiger partial charge in [-0.2, -0.15) is 0 Å². The van der Waals surface area contributed by atoms with Crippen LogP contribution in [0, 0.1) is 22.9 Å². The Morgan fingerprint density at radius 1 is 0.381 bits per heavy atom. The predicted octanol–water partition coefficient (Wildman–Crippen LogP) is 20.2. The molecule has 0 radical (unpaired) electrons. The van der Waals surface area contributed by atoms with Crippen molar-refractivity contribution < 1.29 is 19.2 Å². The quantitative estimate of drug-likeness (QED) is 0.0145. The van der Waals surface area contributed by atoms with Crippen LogP contribution >= 0.6 is 0 Å². The minimum absolute atomic E-state index is 0.202. The molecule has 0 aliphatic carbocycles. The molecule has 0 saturated heterocycles. The first-order valence-electron chi connectivity index (χ1n) is 31.6. The third-order valence-electron chi connectivity index (χ3n) is 19.6. The minimum atomic E-state index is -2.26. The fourth-order valence-electron chi connectivity index (χ4n) is 15.4. The van der Waals surface area contributed by atoms with Gasteiger partial charge in [-0.25, -0.2) is 0 Å². The van der Waals surface area contributed by atoms with Crippen molar-refractivity contribution in [1.82, 2.24) is 9.80 Å². The third-order valence-corrected chi connectivity index (χ3v) is 32.2. The van der Waals surface area contributed by atoms with Crippen LogP contribution in [0.5, 0.6) is 0 Å². The molecule has 0 aromatic heterocycles. The van der Waals surface area contributed by atoms with E-state index >= 15 is 0 Å². The van der Waals surface area contributed by atoms with Crippen LogP contribution in [0.1, 0.15) is 223 Å². The van der Waals surface area contributed by atoms with Crippen molar-refractivity contribution in [3.05, 3.63) is 141 Å². The van der Waals surface area contributed by atoms with Crippen molar-refractivity contribution >= 4 is 118 Å². The molecule has 8 aromatic carbocycles. The minimum Gasteiger partial charge on any atom is -0.274 e. The lowest BCUT2D eigenvalue weighted by Gasteiger charge is -2.38. The molecule has 2 aliphatic rings. The molecule has 2 heterocycles. The van der Waals surface area contributed by atoms with Crippen molar-refractivity contribution in [2.24, 2.45) is 0 Å². The number of unbranched alkanes of at least 4 members (excludes halogenated alkanes) is 6. The number of rotatable bonds is 20. The number of benzene rings is 8. The molecule has 84 heavy (non-hydrogen) atoms. The summed E-state index contributed by atoms with van der Waals surface area (Å²) < 4.78 is 0. The average Bonchev–Trinajstić information content (AvgIpc) is 1.04. The Balaban J connectivity index is 1.25. The van der Waals surface area contributed by atoms with Gasteiger partial charge in [-0.05, 0) is 159 Å². The summed E-state index contributed by atoms with van der Waals surface area (Å²) in [5.41, 5.74) is 18.7. The molecule has 0 N–H and O–H groups in total. The first-order chi connectivity index (χ1) is 40.2. The van der Waals surface area contributed by atoms with Gasteiger partial charge in [-0.1, -0.05) is 220 Å². The smallest absolute Gasteiger partial charge is 0.261 e. The monoisotopic (exact) mass is 1150 g/mol. The lowest BCUT2D eigenvalue weighted by molar-refractivity contribution is 0.0636. The van der Waals surface area contributed by atoms with Gasteiger partial charge >= 0.3 is 0 Å². The Morgan fingerprint density at radius 3 is 1.07 bits per heavy atom. The standard InChI is InChI=1S/C76H86N2O4Si2/c1-15-17-19-21-39-77-73(79)63-35-31-53(43-67(63)75(77)81)29-33-55-45-65-59(37-41-83(47(3)4,48(5)6)49(7)8)62-28-24-26-58-56(34-30-54-32-36-64-68(44-54)76(82)78(74(64)80)40-22-20-18-16-2)46-66-60(38-42-84(50(9)10,51(11)12)52(13)14)61-27-23-25-57(55)69(61)71(65)72(66)70(58)62/h23-36,43-52H,15-22,39-40H2,1-14H3/b33-29+,34-30+. The molecule has 8 aromatic rings. The molecular formula is C76H86N2O4Si2. The summed E-state index contributed by atoms with van der Waals surface area (Å²) in [6.07, 6.45) is 16.5. The third kappa shape index (κ3) is 10.1. The maximum Gasteiger partial charge on any atom is 0.261 e. The highest BCUT2D eigenvalue weighted by Crippen LogP contribution is 2.50. The van der Waals surface area contributed by atoms with E-state index in [-0.39, 0.29) is 23.6 Å². The maximum atomic E-state index is 13.9. The first-order valence-corrected chi connectivity index (χ1v) is 36.1. The Morgan fingerprint density at radius 2 is 0.726 bits per heavy atom. The molecule has 0 fully saturated rings. The van der Waals surface area contributed by atoms with Gasteiger partial charge in [0.05, 0.1) is 22.3 Å². The fourth-order valence-corrected chi connectivity index (χ4v) is 25.8. The zero-order valence-corrected chi connectivity index (χ0v) is 54.5. The van der Waals surface area contributed by atoms with E-state index in [0.717, 1.165) is 117 Å². The lowest BCUT2D eigenvalue weighted by Crippen LogP contribution is -2.43. The summed E-state index contributed by atoms with van der Waals surface area (Å²) in [6, 6.07) is 29.5. The van der Waals surface area contributed by atoms with Crippen LogP contribution in [0.3, 0.4) is 0 Å². The molecule has 0 saturated carbocycles.